The molecule has 0 unspecified atom stereocenters. The van der Waals surface area contributed by atoms with Crippen LogP contribution in [0.2, 0.25) is 5.02 Å². The highest BCUT2D eigenvalue weighted by atomic mass is 35.5. The van der Waals surface area contributed by atoms with Crippen LogP contribution in [0.25, 0.3) is 11.0 Å². The van der Waals surface area contributed by atoms with E-state index in [1.165, 1.54) is 56.7 Å². The Morgan fingerprint density at radius 2 is 1.80 bits per heavy atom. The van der Waals surface area contributed by atoms with Crippen LogP contribution >= 0.6 is 11.6 Å². The van der Waals surface area contributed by atoms with Crippen LogP contribution in [-0.4, -0.2) is 40.7 Å². The second-order valence-electron chi connectivity index (χ2n) is 8.29. The highest BCUT2D eigenvalue weighted by Gasteiger charge is 2.13. The molecule has 1 aliphatic heterocycles. The number of aryl methyl sites for hydroxylation is 2. The molecule has 160 valence electrons. The molecule has 2 aromatic carbocycles. The van der Waals surface area contributed by atoms with Crippen LogP contribution in [0.1, 0.15) is 43.5 Å². The van der Waals surface area contributed by atoms with Gasteiger partial charge in [-0.15, -0.1) is 0 Å². The van der Waals surface area contributed by atoms with Gasteiger partial charge in [0.1, 0.15) is 18.2 Å². The molecule has 0 bridgehead atoms. The van der Waals surface area contributed by atoms with Crippen molar-refractivity contribution >= 4 is 22.6 Å². The molecular weight excluding hydrogens is 394 g/mol. The lowest BCUT2D eigenvalue weighted by molar-refractivity contribution is 0.278. The van der Waals surface area contributed by atoms with Crippen molar-refractivity contribution in [2.24, 2.45) is 0 Å². The number of aromatic nitrogens is 2. The molecule has 0 aliphatic carbocycles. The molecule has 1 fully saturated rings. The first-order chi connectivity index (χ1) is 14.7. The molecule has 0 N–H and O–H groups in total. The molecule has 4 nitrogen and oxygen atoms in total. The van der Waals surface area contributed by atoms with E-state index in [4.69, 9.17) is 21.3 Å². The molecule has 0 radical (unpaired) electrons. The second kappa shape index (κ2) is 10.3. The number of fused-ring (bicyclic) bond motifs is 1. The van der Waals surface area contributed by atoms with Gasteiger partial charge in [-0.2, -0.15) is 0 Å². The summed E-state index contributed by atoms with van der Waals surface area (Å²) in [6.45, 7) is 7.09. The monoisotopic (exact) mass is 425 g/mol. The fourth-order valence-electron chi connectivity index (χ4n) is 4.35. The minimum Gasteiger partial charge on any atom is -0.492 e. The van der Waals surface area contributed by atoms with E-state index in [1.807, 2.05) is 25.1 Å². The summed E-state index contributed by atoms with van der Waals surface area (Å²) in [5.41, 5.74) is 3.30. The van der Waals surface area contributed by atoms with E-state index in [0.29, 0.717) is 6.61 Å². The Morgan fingerprint density at radius 1 is 1.00 bits per heavy atom. The molecular formula is C25H32ClN3O. The van der Waals surface area contributed by atoms with Crippen LogP contribution in [0.4, 0.5) is 0 Å². The maximum Gasteiger partial charge on any atom is 0.119 e. The summed E-state index contributed by atoms with van der Waals surface area (Å²) in [7, 11) is 0. The van der Waals surface area contributed by atoms with Crippen LogP contribution < -0.4 is 4.74 Å². The van der Waals surface area contributed by atoms with Gasteiger partial charge in [-0.3, -0.25) is 0 Å². The molecule has 1 aromatic heterocycles. The zero-order chi connectivity index (χ0) is 20.8. The van der Waals surface area contributed by atoms with E-state index < -0.39 is 0 Å². The lowest BCUT2D eigenvalue weighted by Crippen LogP contribution is -2.26. The minimum atomic E-state index is 0.612. The molecule has 3 aromatic rings. The van der Waals surface area contributed by atoms with E-state index in [0.717, 1.165) is 41.2 Å². The van der Waals surface area contributed by atoms with E-state index in [2.05, 4.69) is 33.7 Å². The molecule has 30 heavy (non-hydrogen) atoms. The van der Waals surface area contributed by atoms with E-state index in [9.17, 15) is 0 Å². The minimum absolute atomic E-state index is 0.612. The third-order valence-corrected chi connectivity index (χ3v) is 6.44. The third kappa shape index (κ3) is 5.35. The number of ether oxygens (including phenoxy) is 1. The number of imidazole rings is 1. The first-order valence-electron chi connectivity index (χ1n) is 11.3. The van der Waals surface area contributed by atoms with Crippen molar-refractivity contribution in [3.05, 3.63) is 58.9 Å². The number of para-hydroxylation sites is 2. The first kappa shape index (κ1) is 21.2. The Balaban J connectivity index is 1.40. The smallest absolute Gasteiger partial charge is 0.119 e. The van der Waals surface area contributed by atoms with Gasteiger partial charge in [0.15, 0.2) is 0 Å². The summed E-state index contributed by atoms with van der Waals surface area (Å²) in [6, 6.07) is 14.2. The summed E-state index contributed by atoms with van der Waals surface area (Å²) < 4.78 is 8.35. The van der Waals surface area contributed by atoms with Crippen LogP contribution in [0.5, 0.6) is 5.75 Å². The summed E-state index contributed by atoms with van der Waals surface area (Å²) >= 11 is 6.12. The Hall–Kier alpha value is -2.04. The first-order valence-corrected chi connectivity index (χ1v) is 11.6. The molecule has 0 spiro atoms. The maximum absolute atomic E-state index is 6.12. The average molecular weight is 426 g/mol. The van der Waals surface area contributed by atoms with Gasteiger partial charge in [0.05, 0.1) is 17.6 Å². The van der Waals surface area contributed by atoms with Crippen molar-refractivity contribution < 1.29 is 4.74 Å². The Bertz CT molecular complexity index is 960. The summed E-state index contributed by atoms with van der Waals surface area (Å²) in [6.07, 6.45) is 7.63. The predicted molar refractivity (Wildman–Crippen MR) is 125 cm³/mol. The van der Waals surface area contributed by atoms with Crippen LogP contribution in [0.3, 0.4) is 0 Å². The van der Waals surface area contributed by atoms with Crippen molar-refractivity contribution in [1.82, 2.24) is 14.5 Å². The van der Waals surface area contributed by atoms with Gasteiger partial charge < -0.3 is 14.2 Å². The van der Waals surface area contributed by atoms with Gasteiger partial charge >= 0.3 is 0 Å². The van der Waals surface area contributed by atoms with Gasteiger partial charge in [0.2, 0.25) is 0 Å². The van der Waals surface area contributed by atoms with Gasteiger partial charge in [0.25, 0.3) is 0 Å². The number of hydrogen-bond acceptors (Lipinski definition) is 3. The standard InChI is InChI=1S/C25H32ClN3O/c1-20-19-21(12-13-22(20)26)30-18-17-29-24-10-5-4-9-23(24)27-25(29)11-8-16-28-14-6-2-3-7-15-28/h4-5,9-10,12-13,19H,2-3,6-8,11,14-18H2,1H3. The second-order valence-corrected chi connectivity index (χ2v) is 8.69. The summed E-state index contributed by atoms with van der Waals surface area (Å²) in [4.78, 5) is 7.57. The van der Waals surface area contributed by atoms with Gasteiger partial charge in [-0.1, -0.05) is 36.6 Å². The molecule has 1 saturated heterocycles. The number of halogens is 1. The number of hydrogen-bond donors (Lipinski definition) is 0. The Labute approximate surface area is 184 Å². The van der Waals surface area contributed by atoms with Gasteiger partial charge in [-0.25, -0.2) is 4.98 Å². The molecule has 1 aliphatic rings. The molecule has 0 amide bonds. The molecule has 2 heterocycles. The van der Waals surface area contributed by atoms with Crippen molar-refractivity contribution in [2.75, 3.05) is 26.2 Å². The maximum atomic E-state index is 6.12. The zero-order valence-electron chi connectivity index (χ0n) is 17.9. The normalized spacial score (nSPS) is 15.4. The lowest BCUT2D eigenvalue weighted by Gasteiger charge is -2.19. The average Bonchev–Trinajstić information content (AvgIpc) is 2.90. The SMILES string of the molecule is Cc1cc(OCCn2c(CCCN3CCCCCC3)nc3ccccc32)ccc1Cl. The van der Waals surface area contributed by atoms with Gasteiger partial charge in [0, 0.05) is 11.4 Å². The Morgan fingerprint density at radius 3 is 2.60 bits per heavy atom. The number of benzene rings is 2. The van der Waals surface area contributed by atoms with Crippen LogP contribution in [0.15, 0.2) is 42.5 Å². The van der Waals surface area contributed by atoms with Crippen LogP contribution in [-0.2, 0) is 13.0 Å². The quantitative estimate of drug-likeness (QED) is 0.451. The molecule has 4 rings (SSSR count). The highest BCUT2D eigenvalue weighted by molar-refractivity contribution is 6.31. The van der Waals surface area contributed by atoms with Gasteiger partial charge in [-0.05, 0) is 81.7 Å². The zero-order valence-corrected chi connectivity index (χ0v) is 18.7. The molecule has 5 heteroatoms. The van der Waals surface area contributed by atoms with E-state index in [-0.39, 0.29) is 0 Å². The fourth-order valence-corrected chi connectivity index (χ4v) is 4.47. The Kier molecular flexibility index (Phi) is 7.29. The van der Waals surface area contributed by atoms with Crippen molar-refractivity contribution in [3.8, 4) is 5.75 Å². The van der Waals surface area contributed by atoms with E-state index >= 15 is 0 Å². The van der Waals surface area contributed by atoms with Crippen molar-refractivity contribution in [3.63, 3.8) is 0 Å². The number of nitrogens with zero attached hydrogens (tertiary/aromatic N) is 3. The predicted octanol–water partition coefficient (Wildman–Crippen LogP) is 5.89. The third-order valence-electron chi connectivity index (χ3n) is 6.02. The van der Waals surface area contributed by atoms with E-state index in [1.54, 1.807) is 0 Å². The van der Waals surface area contributed by atoms with Crippen molar-refractivity contribution in [1.29, 1.82) is 0 Å². The molecule has 0 saturated carbocycles. The fraction of sp³-hybridized carbons (Fsp3) is 0.480. The highest BCUT2D eigenvalue weighted by Crippen LogP contribution is 2.22. The van der Waals surface area contributed by atoms with Crippen LogP contribution in [0, 0.1) is 6.92 Å². The summed E-state index contributed by atoms with van der Waals surface area (Å²) in [5.74, 6) is 2.03. The topological polar surface area (TPSA) is 30.3 Å². The lowest BCUT2D eigenvalue weighted by atomic mass is 10.2. The van der Waals surface area contributed by atoms with Crippen molar-refractivity contribution in [2.45, 2.75) is 52.0 Å². The largest absolute Gasteiger partial charge is 0.492 e. The molecule has 0 atom stereocenters. The summed E-state index contributed by atoms with van der Waals surface area (Å²) in [5, 5.41) is 0.773. The number of rotatable bonds is 8. The number of likely N-dealkylation sites (tertiary alicyclic amines) is 1.